The zero-order chi connectivity index (χ0) is 46.1. The third kappa shape index (κ3) is 9.35. The van der Waals surface area contributed by atoms with Gasteiger partial charge in [0.1, 0.15) is 29.5 Å². The third-order valence-corrected chi connectivity index (χ3v) is 25.8. The summed E-state index contributed by atoms with van der Waals surface area (Å²) in [5.41, 5.74) is -4.46. The Morgan fingerprint density at radius 2 is 1.28 bits per heavy atom. The molecule has 1 aromatic rings. The first-order valence-corrected chi connectivity index (χ1v) is 31.6. The van der Waals surface area contributed by atoms with Gasteiger partial charge >= 0.3 is 17.9 Å². The highest BCUT2D eigenvalue weighted by Crippen LogP contribution is 2.66. The van der Waals surface area contributed by atoms with E-state index in [0.717, 1.165) is 47.4 Å². The summed E-state index contributed by atoms with van der Waals surface area (Å²) in [5.74, 6) is -3.09. The van der Waals surface area contributed by atoms with Gasteiger partial charge in [-0.15, -0.1) is 0 Å². The predicted octanol–water partition coefficient (Wildman–Crippen LogP) is 9.73. The van der Waals surface area contributed by atoms with E-state index in [-0.39, 0.29) is 24.8 Å². The van der Waals surface area contributed by atoms with Crippen LogP contribution in [0, 0.1) is 16.7 Å². The monoisotopic (exact) mass is 905 g/mol. The summed E-state index contributed by atoms with van der Waals surface area (Å²) in [6, 6.07) is 13.3. The molecular weight excluding hydrogens is 825 g/mol. The van der Waals surface area contributed by atoms with E-state index in [1.165, 1.54) is 13.8 Å². The number of ether oxygens (including phenoxy) is 3. The fraction of sp³-hybridized carbons (Fsp3) is 0.766. The smallest absolute Gasteiger partial charge is 0.338 e. The van der Waals surface area contributed by atoms with Crippen molar-refractivity contribution in [1.82, 2.24) is 0 Å². The van der Waals surface area contributed by atoms with Gasteiger partial charge in [-0.2, -0.15) is 0 Å². The highest BCUT2D eigenvalue weighted by molar-refractivity contribution is 6.74. The highest BCUT2D eigenvalue weighted by Gasteiger charge is 2.76. The molecule has 2 N–H and O–H groups in total. The molecule has 1 unspecified atom stereocenters. The zero-order valence-corrected chi connectivity index (χ0v) is 43.4. The van der Waals surface area contributed by atoms with Gasteiger partial charge in [0.2, 0.25) is 0 Å². The maximum atomic E-state index is 14.8. The first kappa shape index (κ1) is 51.5. The molecule has 3 aliphatic rings. The van der Waals surface area contributed by atoms with Gasteiger partial charge in [0.25, 0.3) is 0 Å². The molecule has 3 aliphatic carbocycles. The molecule has 0 amide bonds. The maximum absolute atomic E-state index is 14.8. The SMILES string of the molecule is CC[C@@]1(OC(C)=O)C2[C@H](OC(=O)c3ccccc3)[C@]3(O)C[C@H](O[Si](C)(C)C)C(C)=C([C@@H](O[Si](CC)(CC)CC)[C@@H](OC(C)=O)[C@]2(C)[C@@H](O[Si](CC)(CC)CC)C[C@H]1O)C3(C)C. The number of esters is 3. The van der Waals surface area contributed by atoms with E-state index in [1.54, 1.807) is 24.3 Å². The van der Waals surface area contributed by atoms with Crippen molar-refractivity contribution in [2.24, 2.45) is 16.7 Å². The molecule has 10 atom stereocenters. The van der Waals surface area contributed by atoms with Crippen LogP contribution in [0.4, 0.5) is 0 Å². The second-order valence-electron chi connectivity index (χ2n) is 19.9. The van der Waals surface area contributed by atoms with E-state index < -0.39 is 107 Å². The average molecular weight is 905 g/mol. The average Bonchev–Trinajstić information content (AvgIpc) is 3.20. The molecule has 0 spiro atoms. The number of hydrogen-bond acceptors (Lipinski definition) is 11. The summed E-state index contributed by atoms with van der Waals surface area (Å²) >= 11 is 0. The third-order valence-electron chi connectivity index (χ3n) is 15.6. The molecule has 0 aliphatic heterocycles. The number of hydrogen-bond donors (Lipinski definition) is 2. The minimum Gasteiger partial charge on any atom is -0.459 e. The van der Waals surface area contributed by atoms with Crippen LogP contribution in [0.25, 0.3) is 0 Å². The minimum atomic E-state index is -2.62. The van der Waals surface area contributed by atoms with Crippen molar-refractivity contribution in [3.05, 3.63) is 47.0 Å². The summed E-state index contributed by atoms with van der Waals surface area (Å²) < 4.78 is 42.7. The van der Waals surface area contributed by atoms with Crippen molar-refractivity contribution >= 4 is 42.9 Å². The second kappa shape index (κ2) is 19.1. The number of aliphatic hydroxyl groups excluding tert-OH is 1. The van der Waals surface area contributed by atoms with Gasteiger partial charge in [-0.05, 0) is 92.5 Å². The lowest BCUT2D eigenvalue weighted by Crippen LogP contribution is -2.79. The van der Waals surface area contributed by atoms with E-state index in [4.69, 9.17) is 27.5 Å². The highest BCUT2D eigenvalue weighted by atomic mass is 28.4. The Morgan fingerprint density at radius 3 is 1.74 bits per heavy atom. The van der Waals surface area contributed by atoms with Gasteiger partial charge in [-0.25, -0.2) is 4.79 Å². The van der Waals surface area contributed by atoms with E-state index in [0.29, 0.717) is 0 Å². The Labute approximate surface area is 370 Å². The van der Waals surface area contributed by atoms with Gasteiger partial charge in [0, 0.05) is 37.5 Å². The van der Waals surface area contributed by atoms with Gasteiger partial charge in [0.05, 0.1) is 29.8 Å². The van der Waals surface area contributed by atoms with Crippen LogP contribution in [0.2, 0.25) is 55.9 Å². The number of carbonyl (C=O) groups excluding carboxylic acids is 3. The van der Waals surface area contributed by atoms with Crippen molar-refractivity contribution in [3.63, 3.8) is 0 Å². The molecule has 0 aromatic heterocycles. The molecule has 0 radical (unpaired) electrons. The minimum absolute atomic E-state index is 0.0286. The number of benzene rings is 1. The van der Waals surface area contributed by atoms with Crippen molar-refractivity contribution in [2.45, 2.75) is 213 Å². The van der Waals surface area contributed by atoms with Crippen molar-refractivity contribution in [2.75, 3.05) is 0 Å². The number of rotatable bonds is 17. The fourth-order valence-corrected chi connectivity index (χ4v) is 18.4. The second-order valence-corrected chi connectivity index (χ2v) is 33.8. The summed E-state index contributed by atoms with van der Waals surface area (Å²) in [4.78, 5) is 42.3. The van der Waals surface area contributed by atoms with Crippen molar-refractivity contribution < 1.29 is 52.1 Å². The van der Waals surface area contributed by atoms with Gasteiger partial charge in [-0.3, -0.25) is 9.59 Å². The van der Waals surface area contributed by atoms with Crippen LogP contribution < -0.4 is 0 Å². The molecule has 0 saturated heterocycles. The number of aliphatic hydroxyl groups is 2. The van der Waals surface area contributed by atoms with Crippen molar-refractivity contribution in [1.29, 1.82) is 0 Å². The lowest BCUT2D eigenvalue weighted by Gasteiger charge is -2.68. The quantitative estimate of drug-likeness (QED) is 0.0667. The molecule has 14 heteroatoms. The lowest BCUT2D eigenvalue weighted by atomic mass is 9.44. The Hall–Kier alpha value is -2.18. The molecular formula is C47H80O11Si3. The molecule has 0 heterocycles. The number of fused-ring (bicyclic) bond motifs is 3. The van der Waals surface area contributed by atoms with Crippen LogP contribution in [0.15, 0.2) is 41.5 Å². The molecule has 346 valence electrons. The summed E-state index contributed by atoms with van der Waals surface area (Å²) in [6.07, 6.45) is -6.15. The van der Waals surface area contributed by atoms with E-state index in [2.05, 4.69) is 61.2 Å². The molecule has 4 rings (SSSR count). The predicted molar refractivity (Wildman–Crippen MR) is 247 cm³/mol. The topological polar surface area (TPSA) is 147 Å². The number of carbonyl (C=O) groups is 3. The normalized spacial score (nSPS) is 32.9. The Bertz CT molecular complexity index is 1720. The molecule has 2 fully saturated rings. The Balaban J connectivity index is 2.38. The molecule has 61 heavy (non-hydrogen) atoms. The van der Waals surface area contributed by atoms with Crippen LogP contribution in [-0.4, -0.2) is 101 Å². The van der Waals surface area contributed by atoms with Crippen LogP contribution in [-0.2, 0) is 37.1 Å². The lowest BCUT2D eigenvalue weighted by molar-refractivity contribution is -0.309. The van der Waals surface area contributed by atoms with Crippen LogP contribution in [0.3, 0.4) is 0 Å². The Morgan fingerprint density at radius 1 is 0.754 bits per heavy atom. The molecule has 2 saturated carbocycles. The fourth-order valence-electron chi connectivity index (χ4n) is 11.6. The van der Waals surface area contributed by atoms with Crippen LogP contribution >= 0.6 is 0 Å². The van der Waals surface area contributed by atoms with Crippen LogP contribution in [0.1, 0.15) is 120 Å². The van der Waals surface area contributed by atoms with Gasteiger partial charge in [0.15, 0.2) is 25.0 Å². The van der Waals surface area contributed by atoms with Crippen LogP contribution in [0.5, 0.6) is 0 Å². The maximum Gasteiger partial charge on any atom is 0.338 e. The summed E-state index contributed by atoms with van der Waals surface area (Å²) in [5, 5.41) is 27.1. The first-order chi connectivity index (χ1) is 28.3. The zero-order valence-electron chi connectivity index (χ0n) is 40.4. The van der Waals surface area contributed by atoms with Gasteiger partial charge < -0.3 is 37.7 Å². The Kier molecular flexibility index (Phi) is 16.1. The first-order valence-electron chi connectivity index (χ1n) is 23.1. The molecule has 2 bridgehead atoms. The largest absolute Gasteiger partial charge is 0.459 e. The van der Waals surface area contributed by atoms with E-state index in [1.807, 2.05) is 40.7 Å². The van der Waals surface area contributed by atoms with Gasteiger partial charge in [-0.1, -0.05) is 87.4 Å². The van der Waals surface area contributed by atoms with Crippen molar-refractivity contribution in [3.8, 4) is 0 Å². The molecule has 11 nitrogen and oxygen atoms in total. The standard InChI is InChI=1S/C47H80O11Si3/c1-17-46(55-33(10)49)36(50)29-37(57-60(18-2,19-3)20-4)45(13)40(46)42(54-43(51)34-27-25-24-26-28-34)47(52)30-35(56-59(14,15)16)31(8)38(44(47,11)12)39(41(45)53-32(9)48)58-61(21-5,22-6)23-7/h24-28,35-37,39-42,50,52H,17-23,29-30H2,1-16H3/t35-,36+,37-,39+,40?,41+,42-,45+,46-,47+/m0/s1. The molecule has 1 aromatic carbocycles. The summed E-state index contributed by atoms with van der Waals surface area (Å²) in [7, 11) is -7.52. The summed E-state index contributed by atoms with van der Waals surface area (Å²) in [6.45, 7) is 31.6. The van der Waals surface area contributed by atoms with E-state index in [9.17, 15) is 24.6 Å². The van der Waals surface area contributed by atoms with E-state index >= 15 is 0 Å².